The highest BCUT2D eigenvalue weighted by Gasteiger charge is 2.28. The number of rotatable bonds is 9. The minimum absolute atomic E-state index is 0.263. The summed E-state index contributed by atoms with van der Waals surface area (Å²) in [6.07, 6.45) is 6.35. The van der Waals surface area contributed by atoms with Crippen molar-refractivity contribution in [3.63, 3.8) is 0 Å². The summed E-state index contributed by atoms with van der Waals surface area (Å²) in [6, 6.07) is 6.98. The fraction of sp³-hybridized carbons (Fsp3) is 0.647. The van der Waals surface area contributed by atoms with Crippen LogP contribution in [0.1, 0.15) is 50.6 Å². The van der Waals surface area contributed by atoms with E-state index < -0.39 is 0 Å². The molecule has 1 N–H and O–H groups in total. The molecule has 4 heteroatoms. The molecule has 0 amide bonds. The van der Waals surface area contributed by atoms with Crippen LogP contribution in [0.5, 0.6) is 0 Å². The summed E-state index contributed by atoms with van der Waals surface area (Å²) < 4.78 is 0. The first-order chi connectivity index (χ1) is 10.2. The van der Waals surface area contributed by atoms with Gasteiger partial charge in [-0.2, -0.15) is 0 Å². The summed E-state index contributed by atoms with van der Waals surface area (Å²) in [5.74, 6) is 0. The quantitative estimate of drug-likeness (QED) is 0.692. The molecule has 21 heavy (non-hydrogen) atoms. The molecule has 1 aromatic rings. The van der Waals surface area contributed by atoms with Crippen molar-refractivity contribution in [1.29, 1.82) is 0 Å². The molecule has 2 rings (SSSR count). The molecular formula is C17H26Cl2N2. The van der Waals surface area contributed by atoms with Crippen molar-refractivity contribution < 1.29 is 0 Å². The van der Waals surface area contributed by atoms with E-state index in [-0.39, 0.29) is 6.04 Å². The van der Waals surface area contributed by atoms with Crippen molar-refractivity contribution in [1.82, 2.24) is 10.2 Å². The number of hydrogen-bond donors (Lipinski definition) is 1. The maximum atomic E-state index is 6.35. The van der Waals surface area contributed by atoms with E-state index in [9.17, 15) is 0 Å². The van der Waals surface area contributed by atoms with Crippen molar-refractivity contribution in [2.24, 2.45) is 0 Å². The molecule has 0 aliphatic heterocycles. The lowest BCUT2D eigenvalue weighted by Gasteiger charge is -2.25. The van der Waals surface area contributed by atoms with E-state index in [0.29, 0.717) is 10.0 Å². The van der Waals surface area contributed by atoms with E-state index >= 15 is 0 Å². The normalized spacial score (nSPS) is 16.4. The molecule has 1 saturated carbocycles. The monoisotopic (exact) mass is 328 g/mol. The average Bonchev–Trinajstić information content (AvgIpc) is 3.31. The Kier molecular flexibility index (Phi) is 6.81. The number of nitrogens with one attached hydrogen (secondary N) is 1. The molecule has 1 aliphatic carbocycles. The van der Waals surface area contributed by atoms with Crippen LogP contribution < -0.4 is 5.32 Å². The van der Waals surface area contributed by atoms with Gasteiger partial charge >= 0.3 is 0 Å². The average molecular weight is 329 g/mol. The molecule has 0 radical (unpaired) electrons. The molecule has 0 bridgehead atoms. The van der Waals surface area contributed by atoms with Gasteiger partial charge in [0.25, 0.3) is 0 Å². The number of halogens is 2. The van der Waals surface area contributed by atoms with Gasteiger partial charge in [0, 0.05) is 18.6 Å². The Morgan fingerprint density at radius 1 is 1.29 bits per heavy atom. The first-order valence-electron chi connectivity index (χ1n) is 8.02. The predicted molar refractivity (Wildman–Crippen MR) is 92.4 cm³/mol. The zero-order chi connectivity index (χ0) is 15.2. The number of hydrogen-bond acceptors (Lipinski definition) is 2. The Morgan fingerprint density at radius 3 is 2.67 bits per heavy atom. The lowest BCUT2D eigenvalue weighted by molar-refractivity contribution is 0.245. The van der Waals surface area contributed by atoms with Crippen molar-refractivity contribution in [3.8, 4) is 0 Å². The minimum atomic E-state index is 0.263. The van der Waals surface area contributed by atoms with Crippen LogP contribution in [0.4, 0.5) is 0 Å². The van der Waals surface area contributed by atoms with Crippen LogP contribution in [0.2, 0.25) is 10.0 Å². The fourth-order valence-corrected chi connectivity index (χ4v) is 3.26. The van der Waals surface area contributed by atoms with Gasteiger partial charge in [-0.1, -0.05) is 48.7 Å². The van der Waals surface area contributed by atoms with Gasteiger partial charge in [-0.3, -0.25) is 0 Å². The summed E-state index contributed by atoms with van der Waals surface area (Å²) in [5, 5.41) is 4.71. The summed E-state index contributed by atoms with van der Waals surface area (Å²) in [4.78, 5) is 2.65. The Morgan fingerprint density at radius 2 is 2.05 bits per heavy atom. The van der Waals surface area contributed by atoms with E-state index in [4.69, 9.17) is 23.2 Å². The summed E-state index contributed by atoms with van der Waals surface area (Å²) in [6.45, 7) is 4.60. The van der Waals surface area contributed by atoms with Gasteiger partial charge in [0.2, 0.25) is 0 Å². The zero-order valence-electron chi connectivity index (χ0n) is 13.0. The van der Waals surface area contributed by atoms with Crippen LogP contribution in [-0.4, -0.2) is 31.1 Å². The van der Waals surface area contributed by atoms with Crippen molar-refractivity contribution in [2.45, 2.75) is 51.1 Å². The SMILES string of the molecule is CCCCN(CCC(NC)c1cccc(Cl)c1Cl)C1CC1. The Labute approximate surface area is 138 Å². The predicted octanol–water partition coefficient (Wildman–Crippen LogP) is 4.91. The molecular weight excluding hydrogens is 303 g/mol. The first-order valence-corrected chi connectivity index (χ1v) is 8.78. The van der Waals surface area contributed by atoms with E-state index in [2.05, 4.69) is 23.2 Å². The Balaban J connectivity index is 1.96. The van der Waals surface area contributed by atoms with Gasteiger partial charge in [-0.15, -0.1) is 0 Å². The second kappa shape index (κ2) is 8.38. The Bertz CT molecular complexity index is 446. The van der Waals surface area contributed by atoms with Crippen LogP contribution in [0.3, 0.4) is 0 Å². The molecule has 0 spiro atoms. The molecule has 0 aromatic heterocycles. The number of unbranched alkanes of at least 4 members (excludes halogenated alkanes) is 1. The first kappa shape index (κ1) is 17.1. The van der Waals surface area contributed by atoms with E-state index in [0.717, 1.165) is 24.6 Å². The van der Waals surface area contributed by atoms with Gasteiger partial charge in [-0.05, 0) is 50.9 Å². The molecule has 118 valence electrons. The third kappa shape index (κ3) is 4.85. The van der Waals surface area contributed by atoms with Crippen molar-refractivity contribution >= 4 is 23.2 Å². The molecule has 1 aliphatic rings. The lowest BCUT2D eigenvalue weighted by Crippen LogP contribution is -2.31. The highest BCUT2D eigenvalue weighted by Crippen LogP contribution is 2.32. The standard InChI is InChI=1S/C17H26Cl2N2/c1-3-4-11-21(13-8-9-13)12-10-16(20-2)14-6-5-7-15(18)17(14)19/h5-7,13,16,20H,3-4,8-12H2,1-2H3. The third-order valence-electron chi connectivity index (χ3n) is 4.27. The van der Waals surface area contributed by atoms with Gasteiger partial charge in [0.1, 0.15) is 0 Å². The zero-order valence-corrected chi connectivity index (χ0v) is 14.6. The molecule has 1 unspecified atom stereocenters. The smallest absolute Gasteiger partial charge is 0.0640 e. The molecule has 1 fully saturated rings. The molecule has 1 aromatic carbocycles. The summed E-state index contributed by atoms with van der Waals surface area (Å²) in [5.41, 5.74) is 1.11. The van der Waals surface area contributed by atoms with Crippen molar-refractivity contribution in [3.05, 3.63) is 33.8 Å². The second-order valence-corrected chi connectivity index (χ2v) is 6.68. The van der Waals surface area contributed by atoms with E-state index in [1.165, 1.54) is 32.2 Å². The molecule has 0 saturated heterocycles. The van der Waals surface area contributed by atoms with E-state index in [1.807, 2.05) is 19.2 Å². The van der Waals surface area contributed by atoms with Crippen LogP contribution in [0.25, 0.3) is 0 Å². The maximum Gasteiger partial charge on any atom is 0.0640 e. The highest BCUT2D eigenvalue weighted by molar-refractivity contribution is 6.42. The highest BCUT2D eigenvalue weighted by atomic mass is 35.5. The van der Waals surface area contributed by atoms with Crippen LogP contribution >= 0.6 is 23.2 Å². The van der Waals surface area contributed by atoms with Crippen LogP contribution in [0, 0.1) is 0 Å². The van der Waals surface area contributed by atoms with Gasteiger partial charge in [-0.25, -0.2) is 0 Å². The lowest BCUT2D eigenvalue weighted by atomic mass is 10.0. The topological polar surface area (TPSA) is 15.3 Å². The molecule has 1 atom stereocenters. The summed E-state index contributed by atoms with van der Waals surface area (Å²) in [7, 11) is 2.00. The fourth-order valence-electron chi connectivity index (χ4n) is 2.82. The van der Waals surface area contributed by atoms with Crippen LogP contribution in [-0.2, 0) is 0 Å². The van der Waals surface area contributed by atoms with E-state index in [1.54, 1.807) is 0 Å². The van der Waals surface area contributed by atoms with Crippen LogP contribution in [0.15, 0.2) is 18.2 Å². The van der Waals surface area contributed by atoms with Gasteiger partial charge in [0.15, 0.2) is 0 Å². The largest absolute Gasteiger partial charge is 0.313 e. The number of benzene rings is 1. The van der Waals surface area contributed by atoms with Gasteiger partial charge in [0.05, 0.1) is 10.0 Å². The van der Waals surface area contributed by atoms with Crippen molar-refractivity contribution in [2.75, 3.05) is 20.1 Å². The van der Waals surface area contributed by atoms with Gasteiger partial charge < -0.3 is 10.2 Å². The number of nitrogens with zero attached hydrogens (tertiary/aromatic N) is 1. The maximum absolute atomic E-state index is 6.35. The minimum Gasteiger partial charge on any atom is -0.313 e. The molecule has 0 heterocycles. The third-order valence-corrected chi connectivity index (χ3v) is 5.11. The molecule has 2 nitrogen and oxygen atoms in total. The second-order valence-electron chi connectivity index (χ2n) is 5.89. The summed E-state index contributed by atoms with van der Waals surface area (Å²) >= 11 is 12.5. The Hall–Kier alpha value is -0.280.